The Morgan fingerprint density at radius 1 is 1.50 bits per heavy atom. The fourth-order valence-corrected chi connectivity index (χ4v) is 1.54. The van der Waals surface area contributed by atoms with E-state index in [4.69, 9.17) is 9.47 Å². The quantitative estimate of drug-likeness (QED) is 0.867. The Hall–Kier alpha value is -0.880. The average Bonchev–Trinajstić information content (AvgIpc) is 2.28. The molecule has 1 N–H and O–H groups in total. The number of rotatable bonds is 6. The first-order chi connectivity index (χ1) is 7.67. The van der Waals surface area contributed by atoms with Gasteiger partial charge in [-0.15, -0.1) is 0 Å². The van der Waals surface area contributed by atoms with Crippen molar-refractivity contribution in [3.63, 3.8) is 0 Å². The highest BCUT2D eigenvalue weighted by Crippen LogP contribution is 2.21. The van der Waals surface area contributed by atoms with Crippen LogP contribution in [-0.2, 0) is 4.74 Å². The largest absolute Gasteiger partial charge is 0.480 e. The van der Waals surface area contributed by atoms with Crippen LogP contribution in [0.25, 0.3) is 0 Å². The van der Waals surface area contributed by atoms with E-state index in [2.05, 4.69) is 38.1 Å². The van der Waals surface area contributed by atoms with Gasteiger partial charge in [-0.05, 0) is 21.8 Å². The summed E-state index contributed by atoms with van der Waals surface area (Å²) in [5, 5.41) is 3.13. The SMILES string of the molecule is COCC(C)CNc1ncc(Br)c(OC)n1. The lowest BCUT2D eigenvalue weighted by Crippen LogP contribution is -2.17. The lowest BCUT2D eigenvalue weighted by molar-refractivity contribution is 0.164. The Kier molecular flexibility index (Phi) is 5.48. The molecule has 1 heterocycles. The molecule has 0 amide bonds. The van der Waals surface area contributed by atoms with Crippen molar-refractivity contribution in [3.05, 3.63) is 10.7 Å². The Bertz CT molecular complexity index is 336. The number of nitrogens with one attached hydrogen (secondary N) is 1. The van der Waals surface area contributed by atoms with Crippen molar-refractivity contribution in [3.8, 4) is 5.88 Å². The van der Waals surface area contributed by atoms with Crippen LogP contribution in [0.5, 0.6) is 5.88 Å². The van der Waals surface area contributed by atoms with E-state index < -0.39 is 0 Å². The van der Waals surface area contributed by atoms with Gasteiger partial charge in [0.05, 0.1) is 24.4 Å². The number of hydrogen-bond acceptors (Lipinski definition) is 5. The average molecular weight is 290 g/mol. The summed E-state index contributed by atoms with van der Waals surface area (Å²) in [6.45, 7) is 3.56. The molecule has 0 bridgehead atoms. The molecule has 0 aliphatic heterocycles. The van der Waals surface area contributed by atoms with E-state index >= 15 is 0 Å². The van der Waals surface area contributed by atoms with Crippen LogP contribution in [0.3, 0.4) is 0 Å². The molecule has 0 fully saturated rings. The van der Waals surface area contributed by atoms with Crippen LogP contribution in [0.15, 0.2) is 10.7 Å². The number of nitrogens with zero attached hydrogens (tertiary/aromatic N) is 2. The van der Waals surface area contributed by atoms with Gasteiger partial charge in [0.2, 0.25) is 11.8 Å². The van der Waals surface area contributed by atoms with Crippen LogP contribution in [0, 0.1) is 5.92 Å². The molecule has 0 saturated carbocycles. The monoisotopic (exact) mass is 289 g/mol. The van der Waals surface area contributed by atoms with Crippen molar-refractivity contribution < 1.29 is 9.47 Å². The Balaban J connectivity index is 2.54. The fraction of sp³-hybridized carbons (Fsp3) is 0.600. The summed E-state index contributed by atoms with van der Waals surface area (Å²) in [7, 11) is 3.26. The van der Waals surface area contributed by atoms with Crippen LogP contribution in [0.1, 0.15) is 6.92 Å². The molecule has 0 aliphatic rings. The second-order valence-electron chi connectivity index (χ2n) is 3.49. The summed E-state index contributed by atoms with van der Waals surface area (Å²) in [4.78, 5) is 8.32. The summed E-state index contributed by atoms with van der Waals surface area (Å²) in [5.41, 5.74) is 0. The molecule has 0 saturated heterocycles. The molecule has 1 rings (SSSR count). The summed E-state index contributed by atoms with van der Waals surface area (Å²) in [6.07, 6.45) is 1.66. The number of aromatic nitrogens is 2. The summed E-state index contributed by atoms with van der Waals surface area (Å²) in [6, 6.07) is 0. The van der Waals surface area contributed by atoms with Crippen molar-refractivity contribution in [2.45, 2.75) is 6.92 Å². The topological polar surface area (TPSA) is 56.3 Å². The number of anilines is 1. The van der Waals surface area contributed by atoms with Crippen LogP contribution in [0.2, 0.25) is 0 Å². The summed E-state index contributed by atoms with van der Waals surface area (Å²) >= 11 is 3.30. The Labute approximate surface area is 104 Å². The van der Waals surface area contributed by atoms with E-state index in [0.29, 0.717) is 24.4 Å². The smallest absolute Gasteiger partial charge is 0.232 e. The van der Waals surface area contributed by atoms with E-state index in [1.165, 1.54) is 0 Å². The molecule has 1 aromatic heterocycles. The van der Waals surface area contributed by atoms with Gasteiger partial charge in [0.25, 0.3) is 0 Å². The minimum atomic E-state index is 0.406. The molecule has 5 nitrogen and oxygen atoms in total. The van der Waals surface area contributed by atoms with Crippen LogP contribution < -0.4 is 10.1 Å². The zero-order valence-electron chi connectivity index (χ0n) is 9.66. The van der Waals surface area contributed by atoms with Crippen molar-refractivity contribution in [2.24, 2.45) is 5.92 Å². The van der Waals surface area contributed by atoms with E-state index in [-0.39, 0.29) is 0 Å². The Morgan fingerprint density at radius 3 is 2.88 bits per heavy atom. The highest BCUT2D eigenvalue weighted by molar-refractivity contribution is 9.10. The van der Waals surface area contributed by atoms with Gasteiger partial charge in [-0.2, -0.15) is 4.98 Å². The number of ether oxygens (including phenoxy) is 2. The normalized spacial score (nSPS) is 12.2. The third-order valence-electron chi connectivity index (χ3n) is 1.97. The molecule has 0 aromatic carbocycles. The first-order valence-electron chi connectivity index (χ1n) is 4.96. The Morgan fingerprint density at radius 2 is 2.25 bits per heavy atom. The van der Waals surface area contributed by atoms with E-state index in [9.17, 15) is 0 Å². The molecule has 1 unspecified atom stereocenters. The maximum Gasteiger partial charge on any atom is 0.232 e. The molecule has 1 aromatic rings. The standard InChI is InChI=1S/C10H16BrN3O2/c1-7(6-15-2)4-12-10-13-5-8(11)9(14-10)16-3/h5,7H,4,6H2,1-3H3,(H,12,13,14). The minimum Gasteiger partial charge on any atom is -0.480 e. The van der Waals surface area contributed by atoms with Gasteiger partial charge in [-0.3, -0.25) is 0 Å². The minimum absolute atomic E-state index is 0.406. The maximum atomic E-state index is 5.08. The van der Waals surface area contributed by atoms with Gasteiger partial charge < -0.3 is 14.8 Å². The third kappa shape index (κ3) is 3.94. The number of methoxy groups -OCH3 is 2. The van der Waals surface area contributed by atoms with Crippen LogP contribution in [-0.4, -0.2) is 37.3 Å². The van der Waals surface area contributed by atoms with E-state index in [1.807, 2.05) is 0 Å². The maximum absolute atomic E-state index is 5.08. The molecule has 1 atom stereocenters. The fourth-order valence-electron chi connectivity index (χ4n) is 1.19. The van der Waals surface area contributed by atoms with E-state index in [1.54, 1.807) is 20.4 Å². The van der Waals surface area contributed by atoms with E-state index in [0.717, 1.165) is 11.0 Å². The predicted octanol–water partition coefficient (Wildman–Crippen LogP) is 1.94. The summed E-state index contributed by atoms with van der Waals surface area (Å²) < 4.78 is 10.9. The lowest BCUT2D eigenvalue weighted by atomic mass is 10.2. The van der Waals surface area contributed by atoms with Gasteiger partial charge in [-0.25, -0.2) is 4.98 Å². The first-order valence-corrected chi connectivity index (χ1v) is 5.76. The highest BCUT2D eigenvalue weighted by Gasteiger charge is 2.06. The molecule has 0 spiro atoms. The highest BCUT2D eigenvalue weighted by atomic mass is 79.9. The van der Waals surface area contributed by atoms with Gasteiger partial charge >= 0.3 is 0 Å². The lowest BCUT2D eigenvalue weighted by Gasteiger charge is -2.11. The van der Waals surface area contributed by atoms with Crippen molar-refractivity contribution in [1.82, 2.24) is 9.97 Å². The molecular weight excluding hydrogens is 274 g/mol. The van der Waals surface area contributed by atoms with Crippen molar-refractivity contribution in [1.29, 1.82) is 0 Å². The molecule has 6 heteroatoms. The molecule has 16 heavy (non-hydrogen) atoms. The predicted molar refractivity (Wildman–Crippen MR) is 65.8 cm³/mol. The van der Waals surface area contributed by atoms with Crippen LogP contribution >= 0.6 is 15.9 Å². The zero-order valence-corrected chi connectivity index (χ0v) is 11.2. The summed E-state index contributed by atoms with van der Waals surface area (Å²) in [5.74, 6) is 1.49. The molecular formula is C10H16BrN3O2. The number of hydrogen-bond donors (Lipinski definition) is 1. The number of halogens is 1. The zero-order chi connectivity index (χ0) is 12.0. The molecule has 0 radical (unpaired) electrons. The third-order valence-corrected chi connectivity index (χ3v) is 2.51. The molecule has 90 valence electrons. The van der Waals surface area contributed by atoms with Crippen molar-refractivity contribution in [2.75, 3.05) is 32.7 Å². The van der Waals surface area contributed by atoms with Gasteiger partial charge in [0, 0.05) is 13.7 Å². The molecule has 0 aliphatic carbocycles. The van der Waals surface area contributed by atoms with Gasteiger partial charge in [0.15, 0.2) is 0 Å². The first kappa shape index (κ1) is 13.2. The second-order valence-corrected chi connectivity index (χ2v) is 4.35. The second kappa shape index (κ2) is 6.65. The van der Waals surface area contributed by atoms with Crippen molar-refractivity contribution >= 4 is 21.9 Å². The van der Waals surface area contributed by atoms with Gasteiger partial charge in [-0.1, -0.05) is 6.92 Å². The van der Waals surface area contributed by atoms with Crippen LogP contribution in [0.4, 0.5) is 5.95 Å². The van der Waals surface area contributed by atoms with Gasteiger partial charge in [0.1, 0.15) is 0 Å².